The van der Waals surface area contributed by atoms with Crippen molar-refractivity contribution in [2.24, 2.45) is 0 Å². The van der Waals surface area contributed by atoms with Crippen molar-refractivity contribution in [3.63, 3.8) is 0 Å². The fraction of sp³-hybridized carbons (Fsp3) is 0.0625. The Bertz CT molecular complexity index is 842. The van der Waals surface area contributed by atoms with E-state index >= 15 is 0 Å². The fourth-order valence-electron chi connectivity index (χ4n) is 2.12. The quantitative estimate of drug-likeness (QED) is 0.204. The van der Waals surface area contributed by atoms with E-state index in [-0.39, 0.29) is 37.7 Å². The third kappa shape index (κ3) is 3.69. The molecule has 118 valence electrons. The summed E-state index contributed by atoms with van der Waals surface area (Å²) in [4.78, 5) is 16.7. The van der Waals surface area contributed by atoms with Gasteiger partial charge in [0.2, 0.25) is 0 Å². The second kappa shape index (κ2) is 7.55. The molecule has 0 unspecified atom stereocenters. The van der Waals surface area contributed by atoms with E-state index in [0.717, 1.165) is 10.9 Å². The van der Waals surface area contributed by atoms with E-state index in [2.05, 4.69) is 4.98 Å². The summed E-state index contributed by atoms with van der Waals surface area (Å²) < 4.78 is 2.05. The molecule has 0 radical (unpaired) electrons. The topological polar surface area (TPSA) is 85.9 Å². The van der Waals surface area contributed by atoms with Gasteiger partial charge >= 0.3 is 134 Å². The summed E-state index contributed by atoms with van der Waals surface area (Å²) in [6.07, 6.45) is 0. The molecule has 4 N–H and O–H groups in total. The first-order chi connectivity index (χ1) is 10.7. The molecule has 0 spiro atoms. The number of hydrogen-bond donors (Lipinski definition) is 2. The number of para-hydroxylation sites is 1. The molecule has 2 aromatic carbocycles. The van der Waals surface area contributed by atoms with Gasteiger partial charge < -0.3 is 17.0 Å². The van der Waals surface area contributed by atoms with E-state index in [9.17, 15) is 4.79 Å². The summed E-state index contributed by atoms with van der Waals surface area (Å²) in [5.74, 6) is 6.57. The van der Waals surface area contributed by atoms with Crippen LogP contribution in [0.15, 0.2) is 54.6 Å². The van der Waals surface area contributed by atoms with E-state index < -0.39 is 0 Å². The zero-order valence-electron chi connectivity index (χ0n) is 12.1. The van der Waals surface area contributed by atoms with E-state index in [4.69, 9.17) is 11.6 Å². The van der Waals surface area contributed by atoms with Crippen LogP contribution in [0.1, 0.15) is 10.4 Å². The van der Waals surface area contributed by atoms with E-state index in [0.29, 0.717) is 21.4 Å². The van der Waals surface area contributed by atoms with Gasteiger partial charge in [-0.15, -0.1) is 0 Å². The second-order valence-corrected chi connectivity index (χ2v) is 6.72. The van der Waals surface area contributed by atoms with Gasteiger partial charge in [0.1, 0.15) is 0 Å². The number of nitrogens with zero attached hydrogens (tertiary/aromatic N) is 2. The van der Waals surface area contributed by atoms with E-state index in [1.54, 1.807) is 0 Å². The Morgan fingerprint density at radius 2 is 1.74 bits per heavy atom. The van der Waals surface area contributed by atoms with Gasteiger partial charge in [0.25, 0.3) is 0 Å². The third-order valence-corrected chi connectivity index (χ3v) is 5.29. The first-order valence-electron chi connectivity index (χ1n) is 6.73. The van der Waals surface area contributed by atoms with Crippen LogP contribution in [0.4, 0.5) is 5.82 Å². The standard InChI is InChI=1S/C16H14N4OSe.BrH/c17-15-12-8-4-5-9-13(12)19-16(20(15)18)22-10-14(21)11-6-2-1-3-7-11;/h1-9,17H,10,18H2;1H. The number of nitrogens with two attached hydrogens (primary N) is 2. The molecule has 0 bridgehead atoms. The van der Waals surface area contributed by atoms with Crippen molar-refractivity contribution in [1.29, 1.82) is 0 Å². The Balaban J connectivity index is 0.00000192. The fourth-order valence-corrected chi connectivity index (χ4v) is 3.85. The molecule has 0 atom stereocenters. The Hall–Kier alpha value is -1.95. The zero-order valence-corrected chi connectivity index (χ0v) is 15.4. The average Bonchev–Trinajstić information content (AvgIpc) is 2.57. The van der Waals surface area contributed by atoms with Crippen molar-refractivity contribution >= 4 is 42.2 Å². The number of rotatable bonds is 4. The molecule has 0 saturated carbocycles. The number of benzene rings is 2. The summed E-state index contributed by atoms with van der Waals surface area (Å²) in [6.45, 7) is 0. The first kappa shape index (κ1) is 17.4. The summed E-state index contributed by atoms with van der Waals surface area (Å²) in [6, 6.07) is 16.8. The molecule has 0 saturated heterocycles. The maximum Gasteiger partial charge on any atom is -1.00 e. The number of hydrogen-bond acceptors (Lipinski definition) is 4. The molecule has 0 aliphatic rings. The molecule has 0 aliphatic heterocycles. The van der Waals surface area contributed by atoms with Crippen molar-refractivity contribution in [3.8, 4) is 0 Å². The average molecular weight is 438 g/mol. The number of Topliss-reactive ketones (excluding diaryl/α,β-unsaturated/α-hetero) is 1. The smallest absolute Gasteiger partial charge is 1.00 e. The summed E-state index contributed by atoms with van der Waals surface area (Å²) in [5, 5.41) is 1.22. The molecular weight excluding hydrogens is 423 g/mol. The summed E-state index contributed by atoms with van der Waals surface area (Å²) in [7, 11) is 0. The maximum atomic E-state index is 12.2. The van der Waals surface area contributed by atoms with Crippen molar-refractivity contribution in [2.75, 3.05) is 11.6 Å². The number of carbonyl (C=O) groups is 1. The Labute approximate surface area is 150 Å². The molecule has 1 heterocycles. The minimum atomic E-state index is -0.181. The molecule has 0 fully saturated rings. The van der Waals surface area contributed by atoms with Crippen LogP contribution in [0, 0.1) is 0 Å². The van der Waals surface area contributed by atoms with Crippen LogP contribution in [-0.4, -0.2) is 25.7 Å². The van der Waals surface area contributed by atoms with Gasteiger partial charge in [-0.25, -0.2) is 0 Å². The van der Waals surface area contributed by atoms with Crippen LogP contribution in [0.2, 0.25) is 5.32 Å². The van der Waals surface area contributed by atoms with Crippen molar-refractivity contribution in [1.82, 2.24) is 4.98 Å². The van der Waals surface area contributed by atoms with Gasteiger partial charge in [0, 0.05) is 0 Å². The number of ketones is 1. The minimum absolute atomic E-state index is 0. The molecule has 7 heteroatoms. The van der Waals surface area contributed by atoms with Crippen LogP contribution in [-0.2, 0) is 0 Å². The van der Waals surface area contributed by atoms with E-state index in [1.165, 1.54) is 4.68 Å². The first-order valence-corrected chi connectivity index (χ1v) is 8.80. The van der Waals surface area contributed by atoms with Crippen LogP contribution in [0.5, 0.6) is 0 Å². The molecular formula is C16H15BrN4OSe. The Kier molecular flexibility index (Phi) is 5.71. The van der Waals surface area contributed by atoms with Gasteiger partial charge in [-0.3, -0.25) is 0 Å². The van der Waals surface area contributed by atoms with Gasteiger partial charge in [-0.05, 0) is 0 Å². The van der Waals surface area contributed by atoms with Crippen LogP contribution >= 0.6 is 0 Å². The third-order valence-electron chi connectivity index (χ3n) is 3.29. The number of aromatic nitrogens is 2. The normalized spacial score (nSPS) is 10.3. The van der Waals surface area contributed by atoms with Gasteiger partial charge in [-0.2, -0.15) is 0 Å². The zero-order chi connectivity index (χ0) is 15.5. The molecule has 1 aromatic heterocycles. The molecule has 3 aromatic rings. The number of carbonyl (C=O) groups excluding carboxylic acids is 1. The van der Waals surface area contributed by atoms with Crippen molar-refractivity contribution in [2.45, 2.75) is 5.32 Å². The Morgan fingerprint density at radius 1 is 1.09 bits per heavy atom. The van der Waals surface area contributed by atoms with Crippen LogP contribution < -0.4 is 38.0 Å². The van der Waals surface area contributed by atoms with E-state index in [1.807, 2.05) is 54.6 Å². The largest absolute Gasteiger partial charge is 1.00 e. The van der Waals surface area contributed by atoms with Gasteiger partial charge in [0.15, 0.2) is 0 Å². The maximum absolute atomic E-state index is 12.2. The number of anilines is 1. The number of fused-ring (bicyclic) bond motifs is 1. The molecule has 23 heavy (non-hydrogen) atoms. The van der Waals surface area contributed by atoms with Crippen LogP contribution in [0.3, 0.4) is 0 Å². The van der Waals surface area contributed by atoms with Crippen molar-refractivity contribution in [3.05, 3.63) is 60.2 Å². The second-order valence-electron chi connectivity index (χ2n) is 4.74. The van der Waals surface area contributed by atoms with Gasteiger partial charge in [-0.1, -0.05) is 0 Å². The van der Waals surface area contributed by atoms with Crippen LogP contribution in [0.25, 0.3) is 10.9 Å². The number of nitrogen functional groups attached to an aromatic ring is 2. The monoisotopic (exact) mass is 438 g/mol. The SMILES string of the molecule is Nc1c2ccccc2nc([Se]CC(=O)c2ccccc2)[n+]1N.[Br-]. The predicted octanol–water partition coefficient (Wildman–Crippen LogP) is -2.55. The van der Waals surface area contributed by atoms with Crippen molar-refractivity contribution < 1.29 is 26.5 Å². The van der Waals surface area contributed by atoms with Gasteiger partial charge in [0.05, 0.1) is 0 Å². The summed E-state index contributed by atoms with van der Waals surface area (Å²) >= 11 is -0.181. The summed E-state index contributed by atoms with van der Waals surface area (Å²) in [5.41, 5.74) is 7.57. The molecule has 5 nitrogen and oxygen atoms in total. The molecule has 3 rings (SSSR count). The molecule has 0 amide bonds. The molecule has 0 aliphatic carbocycles. The number of halogens is 1. The Morgan fingerprint density at radius 3 is 2.48 bits per heavy atom. The predicted molar refractivity (Wildman–Crippen MR) is 87.5 cm³/mol. The minimum Gasteiger partial charge on any atom is -1.00 e.